The highest BCUT2D eigenvalue weighted by Crippen LogP contribution is 2.34. The van der Waals surface area contributed by atoms with Crippen molar-refractivity contribution in [1.29, 1.82) is 0 Å². The Balaban J connectivity index is 1.55. The van der Waals surface area contributed by atoms with Crippen molar-refractivity contribution in [2.24, 2.45) is 0 Å². The molecule has 158 valence electrons. The molecule has 0 radical (unpaired) electrons. The van der Waals surface area contributed by atoms with Gasteiger partial charge in [0.25, 0.3) is 0 Å². The third kappa shape index (κ3) is 6.67. The third-order valence-electron chi connectivity index (χ3n) is 6.60. The van der Waals surface area contributed by atoms with Crippen LogP contribution in [0, 0.1) is 0 Å². The Labute approximate surface area is 177 Å². The van der Waals surface area contributed by atoms with Crippen molar-refractivity contribution in [3.63, 3.8) is 0 Å². The van der Waals surface area contributed by atoms with Crippen LogP contribution in [-0.4, -0.2) is 23.7 Å². The zero-order chi connectivity index (χ0) is 20.5. The minimum atomic E-state index is -0.571. The highest BCUT2D eigenvalue weighted by molar-refractivity contribution is 5.26. The van der Waals surface area contributed by atoms with Gasteiger partial charge in [-0.2, -0.15) is 0 Å². The van der Waals surface area contributed by atoms with Gasteiger partial charge in [-0.25, -0.2) is 4.39 Å². The number of halogens is 1. The lowest BCUT2D eigenvalue weighted by molar-refractivity contribution is 0.173. The van der Waals surface area contributed by atoms with Crippen LogP contribution in [0.3, 0.4) is 0 Å². The average molecular weight is 396 g/mol. The number of nitrogens with zero attached hydrogens (tertiary/aromatic N) is 1. The molecule has 1 aliphatic carbocycles. The summed E-state index contributed by atoms with van der Waals surface area (Å²) in [6.45, 7) is 6.80. The van der Waals surface area contributed by atoms with Crippen molar-refractivity contribution in [2.75, 3.05) is 6.54 Å². The van der Waals surface area contributed by atoms with E-state index >= 15 is 0 Å². The minimum Gasteiger partial charge on any atom is -0.296 e. The Morgan fingerprint density at radius 1 is 0.897 bits per heavy atom. The van der Waals surface area contributed by atoms with E-state index in [9.17, 15) is 4.39 Å². The van der Waals surface area contributed by atoms with E-state index < -0.39 is 6.17 Å². The number of benzene rings is 2. The first kappa shape index (κ1) is 22.0. The van der Waals surface area contributed by atoms with Crippen LogP contribution in [0.15, 0.2) is 54.6 Å². The van der Waals surface area contributed by atoms with E-state index in [-0.39, 0.29) is 0 Å². The lowest BCUT2D eigenvalue weighted by atomic mass is 9.83. The molecule has 0 bridgehead atoms. The van der Waals surface area contributed by atoms with Crippen molar-refractivity contribution in [3.05, 3.63) is 71.3 Å². The Morgan fingerprint density at radius 3 is 2.21 bits per heavy atom. The summed E-state index contributed by atoms with van der Waals surface area (Å²) in [5.74, 6) is 0.561. The molecule has 2 aromatic rings. The summed E-state index contributed by atoms with van der Waals surface area (Å²) in [7, 11) is 0. The predicted octanol–water partition coefficient (Wildman–Crippen LogP) is 7.31. The molecule has 1 aliphatic rings. The highest BCUT2D eigenvalue weighted by atomic mass is 19.1. The molecule has 0 spiro atoms. The zero-order valence-electron chi connectivity index (χ0n) is 18.3. The molecule has 1 nitrogen and oxygen atoms in total. The van der Waals surface area contributed by atoms with E-state index in [4.69, 9.17) is 0 Å². The Hall–Kier alpha value is -1.67. The van der Waals surface area contributed by atoms with Crippen LogP contribution >= 0.6 is 0 Å². The van der Waals surface area contributed by atoms with Gasteiger partial charge in [0.05, 0.1) is 0 Å². The van der Waals surface area contributed by atoms with Crippen LogP contribution in [0.4, 0.5) is 4.39 Å². The van der Waals surface area contributed by atoms with Gasteiger partial charge in [0.2, 0.25) is 0 Å². The summed E-state index contributed by atoms with van der Waals surface area (Å²) in [4.78, 5) is 2.67. The van der Waals surface area contributed by atoms with E-state index in [1.807, 2.05) is 0 Å². The molecule has 1 saturated carbocycles. The second-order valence-electron chi connectivity index (χ2n) is 8.75. The standard InChI is InChI=1S/C27H38FN/c1-3-20-29(21-23-8-6-5-7-9-23)27(4-2)19-12-22-10-13-24(14-11-22)25-15-17-26(28)18-16-25/h5-11,13-14,25-27H,3-4,12,15-21H2,1-2H3. The van der Waals surface area contributed by atoms with E-state index in [0.29, 0.717) is 12.0 Å². The van der Waals surface area contributed by atoms with Crippen molar-refractivity contribution in [2.45, 2.75) is 89.9 Å². The summed E-state index contributed by atoms with van der Waals surface area (Å²) in [5.41, 5.74) is 4.25. The van der Waals surface area contributed by atoms with Crippen LogP contribution in [-0.2, 0) is 13.0 Å². The maximum Gasteiger partial charge on any atom is 0.100 e. The molecule has 0 heterocycles. The number of alkyl halides is 1. The molecular formula is C27H38FN. The van der Waals surface area contributed by atoms with Crippen LogP contribution < -0.4 is 0 Å². The first-order valence-electron chi connectivity index (χ1n) is 11.7. The monoisotopic (exact) mass is 395 g/mol. The van der Waals surface area contributed by atoms with Crippen LogP contribution in [0.2, 0.25) is 0 Å². The van der Waals surface area contributed by atoms with Gasteiger partial charge in [0.15, 0.2) is 0 Å². The summed E-state index contributed by atoms with van der Waals surface area (Å²) >= 11 is 0. The van der Waals surface area contributed by atoms with Crippen LogP contribution in [0.1, 0.15) is 81.4 Å². The molecule has 1 fully saturated rings. The lowest BCUT2D eigenvalue weighted by Crippen LogP contribution is -2.35. The van der Waals surface area contributed by atoms with Crippen LogP contribution in [0.25, 0.3) is 0 Å². The first-order chi connectivity index (χ1) is 14.2. The van der Waals surface area contributed by atoms with Crippen LogP contribution in [0.5, 0.6) is 0 Å². The zero-order valence-corrected chi connectivity index (χ0v) is 18.3. The molecule has 29 heavy (non-hydrogen) atoms. The topological polar surface area (TPSA) is 3.24 Å². The quantitative estimate of drug-likeness (QED) is 0.408. The summed E-state index contributed by atoms with van der Waals surface area (Å²) < 4.78 is 13.4. The van der Waals surface area contributed by atoms with E-state index in [1.54, 1.807) is 0 Å². The number of hydrogen-bond acceptors (Lipinski definition) is 1. The Bertz CT molecular complexity index is 688. The smallest absolute Gasteiger partial charge is 0.100 e. The van der Waals surface area contributed by atoms with Crippen molar-refractivity contribution >= 4 is 0 Å². The molecule has 0 amide bonds. The molecule has 1 atom stereocenters. The molecular weight excluding hydrogens is 357 g/mol. The molecule has 0 aromatic heterocycles. The Kier molecular flexibility index (Phi) is 8.73. The molecule has 2 aromatic carbocycles. The number of aryl methyl sites for hydroxylation is 1. The number of rotatable bonds is 10. The fraction of sp³-hybridized carbons (Fsp3) is 0.556. The highest BCUT2D eigenvalue weighted by Gasteiger charge is 2.22. The van der Waals surface area contributed by atoms with Crippen molar-refractivity contribution in [1.82, 2.24) is 4.90 Å². The second-order valence-corrected chi connectivity index (χ2v) is 8.75. The summed E-state index contributed by atoms with van der Waals surface area (Å²) in [5, 5.41) is 0. The van der Waals surface area contributed by atoms with Gasteiger partial charge in [0.1, 0.15) is 6.17 Å². The van der Waals surface area contributed by atoms with Gasteiger partial charge in [-0.15, -0.1) is 0 Å². The Morgan fingerprint density at radius 2 is 1.59 bits per heavy atom. The fourth-order valence-electron chi connectivity index (χ4n) is 4.82. The van der Waals surface area contributed by atoms with E-state index in [1.165, 1.54) is 36.0 Å². The normalized spacial score (nSPS) is 20.7. The van der Waals surface area contributed by atoms with E-state index in [2.05, 4.69) is 73.3 Å². The molecule has 3 rings (SSSR count). The van der Waals surface area contributed by atoms with Gasteiger partial charge in [0, 0.05) is 12.6 Å². The van der Waals surface area contributed by atoms with Gasteiger partial charge >= 0.3 is 0 Å². The molecule has 1 unspecified atom stereocenters. The second kappa shape index (κ2) is 11.5. The fourth-order valence-corrected chi connectivity index (χ4v) is 4.82. The average Bonchev–Trinajstić information content (AvgIpc) is 2.76. The van der Waals surface area contributed by atoms with Gasteiger partial charge in [-0.1, -0.05) is 68.4 Å². The van der Waals surface area contributed by atoms with Gasteiger partial charge < -0.3 is 0 Å². The molecule has 0 aliphatic heterocycles. The molecule has 0 saturated heterocycles. The summed E-state index contributed by atoms with van der Waals surface area (Å²) in [6, 6.07) is 20.7. The first-order valence-corrected chi connectivity index (χ1v) is 11.7. The molecule has 0 N–H and O–H groups in total. The lowest BCUT2D eigenvalue weighted by Gasteiger charge is -2.31. The number of hydrogen-bond donors (Lipinski definition) is 0. The molecule has 2 heteroatoms. The SMILES string of the molecule is CCCN(Cc1ccccc1)C(CC)CCc1ccc(C2CCC(F)CC2)cc1. The maximum absolute atomic E-state index is 13.4. The maximum atomic E-state index is 13.4. The van der Waals surface area contributed by atoms with Crippen molar-refractivity contribution < 1.29 is 4.39 Å². The van der Waals surface area contributed by atoms with Gasteiger partial charge in [-0.3, -0.25) is 4.90 Å². The van der Waals surface area contributed by atoms with Gasteiger partial charge in [-0.05, 0) is 80.5 Å². The van der Waals surface area contributed by atoms with E-state index in [0.717, 1.165) is 45.2 Å². The predicted molar refractivity (Wildman–Crippen MR) is 122 cm³/mol. The minimum absolute atomic E-state index is 0.561. The third-order valence-corrected chi connectivity index (χ3v) is 6.60. The largest absolute Gasteiger partial charge is 0.296 e. The van der Waals surface area contributed by atoms with Crippen molar-refractivity contribution in [3.8, 4) is 0 Å². The summed E-state index contributed by atoms with van der Waals surface area (Å²) in [6.07, 6.45) is 7.63.